The van der Waals surface area contributed by atoms with Crippen LogP contribution < -0.4 is 16.6 Å². The van der Waals surface area contributed by atoms with Crippen molar-refractivity contribution in [2.75, 3.05) is 5.73 Å². The van der Waals surface area contributed by atoms with Gasteiger partial charge in [0, 0.05) is 18.6 Å². The first-order valence-electron chi connectivity index (χ1n) is 12.3. The molecule has 40 heavy (non-hydrogen) atoms. The summed E-state index contributed by atoms with van der Waals surface area (Å²) in [5.74, 6) is 0.178. The number of nitrogens with zero attached hydrogens (tertiary/aromatic N) is 6. The molecule has 11 heteroatoms. The van der Waals surface area contributed by atoms with Gasteiger partial charge in [0.05, 0.1) is 33.8 Å². The number of nitrogens with two attached hydrogens (primary N) is 1. The van der Waals surface area contributed by atoms with Crippen LogP contribution in [0.25, 0.3) is 28.7 Å². The number of allylic oxidation sites excluding steroid dienone is 1. The molecule has 1 atom stereocenters. The molecule has 0 saturated heterocycles. The van der Waals surface area contributed by atoms with Crippen molar-refractivity contribution in [2.45, 2.75) is 13.0 Å². The van der Waals surface area contributed by atoms with Gasteiger partial charge in [0.25, 0.3) is 11.5 Å². The molecule has 0 aliphatic heterocycles. The second-order valence-electron chi connectivity index (χ2n) is 8.85. The minimum atomic E-state index is -0.685. The molecular weight excluding hydrogens is 524 g/mol. The number of aromatic nitrogens is 5. The van der Waals surface area contributed by atoms with Crippen molar-refractivity contribution >= 4 is 58.1 Å². The van der Waals surface area contributed by atoms with Crippen LogP contribution in [-0.2, 0) is 7.05 Å². The number of rotatable bonds is 8. The fraction of sp³-hybridized carbons (Fsp3) is 0.103. The number of hydrogen-bond donors (Lipinski definition) is 2. The molecule has 3 aromatic heterocycles. The second kappa shape index (κ2) is 11.3. The van der Waals surface area contributed by atoms with E-state index in [9.17, 15) is 9.59 Å². The fourth-order valence-electron chi connectivity index (χ4n) is 4.37. The van der Waals surface area contributed by atoms with Crippen LogP contribution in [0.15, 0.2) is 81.9 Å². The highest BCUT2D eigenvalue weighted by molar-refractivity contribution is 7.07. The van der Waals surface area contributed by atoms with Gasteiger partial charge in [-0.3, -0.25) is 14.2 Å². The standard InChI is InChI=1S/C29H26N8O2S/c1-4-15-31-27-24(25(30)35-36(27)3)28(38)33-18(2)26-34-22-12-8-9-19(13-14-20-16-40-17-32-20)23(22)29(39)37(26)21-10-6-5-7-11-21/h4-18H,1H2,2-3H3,(H2,30,35)(H,33,38)/b14-13+,31-15-. The van der Waals surface area contributed by atoms with E-state index in [1.807, 2.05) is 60.0 Å². The molecule has 200 valence electrons. The summed E-state index contributed by atoms with van der Waals surface area (Å²) in [6.07, 6.45) is 6.66. The van der Waals surface area contributed by atoms with Crippen LogP contribution in [0.2, 0.25) is 0 Å². The first kappa shape index (κ1) is 26.4. The third-order valence-corrected chi connectivity index (χ3v) is 6.77. The summed E-state index contributed by atoms with van der Waals surface area (Å²) >= 11 is 1.50. The van der Waals surface area contributed by atoms with Crippen molar-refractivity contribution in [1.82, 2.24) is 29.6 Å². The maximum absolute atomic E-state index is 14.1. The molecule has 0 bridgehead atoms. The Balaban J connectivity index is 1.62. The Morgan fingerprint density at radius 1 is 1.18 bits per heavy atom. The molecule has 1 unspecified atom stereocenters. The lowest BCUT2D eigenvalue weighted by molar-refractivity contribution is 0.0939. The summed E-state index contributed by atoms with van der Waals surface area (Å²) in [6, 6.07) is 14.0. The van der Waals surface area contributed by atoms with Gasteiger partial charge in [0.2, 0.25) is 0 Å². The van der Waals surface area contributed by atoms with Gasteiger partial charge in [0.1, 0.15) is 11.4 Å². The van der Waals surface area contributed by atoms with Crippen molar-refractivity contribution in [3.8, 4) is 5.69 Å². The number of thiazole rings is 1. The number of anilines is 1. The Hall–Kier alpha value is -5.16. The number of aryl methyl sites for hydroxylation is 1. The van der Waals surface area contributed by atoms with Gasteiger partial charge in [-0.25, -0.2) is 19.6 Å². The van der Waals surface area contributed by atoms with E-state index in [2.05, 4.69) is 27.0 Å². The van der Waals surface area contributed by atoms with E-state index in [1.54, 1.807) is 25.5 Å². The minimum Gasteiger partial charge on any atom is -0.381 e. The molecule has 0 aliphatic carbocycles. The van der Waals surface area contributed by atoms with Gasteiger partial charge < -0.3 is 11.1 Å². The van der Waals surface area contributed by atoms with Crippen LogP contribution in [0, 0.1) is 0 Å². The van der Waals surface area contributed by atoms with Gasteiger partial charge in [-0.05, 0) is 36.8 Å². The summed E-state index contributed by atoms with van der Waals surface area (Å²) in [7, 11) is 1.64. The van der Waals surface area contributed by atoms with Gasteiger partial charge in [-0.1, -0.05) is 49.1 Å². The largest absolute Gasteiger partial charge is 0.381 e. The van der Waals surface area contributed by atoms with Gasteiger partial charge in [-0.2, -0.15) is 5.10 Å². The maximum Gasteiger partial charge on any atom is 0.266 e. The molecule has 2 aromatic carbocycles. The average Bonchev–Trinajstić information content (AvgIpc) is 3.57. The Bertz CT molecular complexity index is 1820. The zero-order chi connectivity index (χ0) is 28.2. The monoisotopic (exact) mass is 550 g/mol. The molecule has 5 aromatic rings. The van der Waals surface area contributed by atoms with E-state index in [-0.39, 0.29) is 22.8 Å². The van der Waals surface area contributed by atoms with Crippen LogP contribution in [0.1, 0.15) is 40.4 Å². The van der Waals surface area contributed by atoms with Gasteiger partial charge >= 0.3 is 0 Å². The lowest BCUT2D eigenvalue weighted by Crippen LogP contribution is -2.33. The topological polar surface area (TPSA) is 133 Å². The fourth-order valence-corrected chi connectivity index (χ4v) is 4.89. The minimum absolute atomic E-state index is 0.0341. The van der Waals surface area contributed by atoms with E-state index in [0.29, 0.717) is 28.0 Å². The molecule has 0 spiro atoms. The normalized spacial score (nSPS) is 12.3. The van der Waals surface area contributed by atoms with Crippen LogP contribution in [0.4, 0.5) is 11.6 Å². The predicted molar refractivity (Wildman–Crippen MR) is 160 cm³/mol. The van der Waals surface area contributed by atoms with E-state index in [1.165, 1.54) is 32.9 Å². The first-order valence-corrected chi connectivity index (χ1v) is 13.3. The third-order valence-electron chi connectivity index (χ3n) is 6.16. The van der Waals surface area contributed by atoms with Gasteiger partial charge in [-0.15, -0.1) is 11.3 Å². The number of aliphatic imine (C=N–C) groups is 1. The van der Waals surface area contributed by atoms with Crippen molar-refractivity contribution < 1.29 is 4.79 Å². The summed E-state index contributed by atoms with van der Waals surface area (Å²) in [6.45, 7) is 5.38. The highest BCUT2D eigenvalue weighted by Gasteiger charge is 2.25. The smallest absolute Gasteiger partial charge is 0.266 e. The molecular formula is C29H26N8O2S. The molecule has 3 heterocycles. The number of amides is 1. The Labute approximate surface area is 233 Å². The number of benzene rings is 2. The first-order chi connectivity index (χ1) is 19.4. The number of carbonyl (C=O) groups is 1. The molecule has 10 nitrogen and oxygen atoms in total. The van der Waals surface area contributed by atoms with Crippen LogP contribution in [0.3, 0.4) is 0 Å². The molecule has 5 rings (SSSR count). The van der Waals surface area contributed by atoms with Crippen molar-refractivity contribution in [1.29, 1.82) is 0 Å². The van der Waals surface area contributed by atoms with Crippen LogP contribution in [0.5, 0.6) is 0 Å². The summed E-state index contributed by atoms with van der Waals surface area (Å²) < 4.78 is 2.95. The summed E-state index contributed by atoms with van der Waals surface area (Å²) in [5.41, 5.74) is 10.3. The molecule has 0 radical (unpaired) electrons. The molecule has 0 saturated carbocycles. The van der Waals surface area contributed by atoms with E-state index >= 15 is 0 Å². The number of nitrogen functional groups attached to an aromatic ring is 1. The highest BCUT2D eigenvalue weighted by atomic mass is 32.1. The molecule has 3 N–H and O–H groups in total. The van der Waals surface area contributed by atoms with Crippen LogP contribution in [-0.4, -0.2) is 36.4 Å². The third kappa shape index (κ3) is 5.09. The SMILES string of the molecule is C=C/C=N\c1c(C(=O)NC(C)c2nc3cccc(/C=C/c4cscn4)c3c(=O)n2-c2ccccc2)c(N)nn1C. The Morgan fingerprint density at radius 3 is 2.70 bits per heavy atom. The van der Waals surface area contributed by atoms with Crippen molar-refractivity contribution in [3.05, 3.63) is 105 Å². The molecule has 0 aliphatic rings. The predicted octanol–water partition coefficient (Wildman–Crippen LogP) is 4.71. The maximum atomic E-state index is 14.1. The Morgan fingerprint density at radius 2 is 1.98 bits per heavy atom. The zero-order valence-electron chi connectivity index (χ0n) is 21.9. The van der Waals surface area contributed by atoms with Crippen molar-refractivity contribution in [2.24, 2.45) is 12.0 Å². The number of fused-ring (bicyclic) bond motifs is 1. The lowest BCUT2D eigenvalue weighted by atomic mass is 10.1. The lowest BCUT2D eigenvalue weighted by Gasteiger charge is -2.20. The van der Waals surface area contributed by atoms with Crippen LogP contribution >= 0.6 is 11.3 Å². The number of para-hydroxylation sites is 1. The number of carbonyl (C=O) groups excluding carboxylic acids is 1. The van der Waals surface area contributed by atoms with Gasteiger partial charge in [0.15, 0.2) is 11.6 Å². The number of nitrogens with one attached hydrogen (secondary N) is 1. The molecule has 1 amide bonds. The average molecular weight is 551 g/mol. The van der Waals surface area contributed by atoms with Crippen molar-refractivity contribution in [3.63, 3.8) is 0 Å². The molecule has 0 fully saturated rings. The number of hydrogen-bond acceptors (Lipinski definition) is 8. The van der Waals surface area contributed by atoms with E-state index < -0.39 is 11.9 Å². The summed E-state index contributed by atoms with van der Waals surface area (Å²) in [4.78, 5) is 40.9. The zero-order valence-corrected chi connectivity index (χ0v) is 22.7. The quantitative estimate of drug-likeness (QED) is 0.269. The highest BCUT2D eigenvalue weighted by Crippen LogP contribution is 2.26. The second-order valence-corrected chi connectivity index (χ2v) is 9.57. The Kier molecular flexibility index (Phi) is 7.47. The summed E-state index contributed by atoms with van der Waals surface area (Å²) in [5, 5.41) is 9.44. The van der Waals surface area contributed by atoms with E-state index in [4.69, 9.17) is 10.7 Å². The van der Waals surface area contributed by atoms with E-state index in [0.717, 1.165) is 5.69 Å².